The third-order valence-corrected chi connectivity index (χ3v) is 1.87. The van der Waals surface area contributed by atoms with Crippen molar-refractivity contribution in [3.8, 4) is 5.75 Å². The van der Waals surface area contributed by atoms with Gasteiger partial charge in [-0.25, -0.2) is 5.43 Å². The van der Waals surface area contributed by atoms with E-state index in [0.717, 1.165) is 0 Å². The summed E-state index contributed by atoms with van der Waals surface area (Å²) in [6.45, 7) is 1.87. The SMILES string of the molecule is C/C=C/C=N/NC(=O)c1ccc(OC)cc1. The van der Waals surface area contributed by atoms with Crippen LogP contribution < -0.4 is 10.2 Å². The van der Waals surface area contributed by atoms with Gasteiger partial charge < -0.3 is 4.74 Å². The van der Waals surface area contributed by atoms with Crippen LogP contribution in [-0.2, 0) is 0 Å². The molecule has 0 aliphatic heterocycles. The number of hydrazone groups is 1. The summed E-state index contributed by atoms with van der Waals surface area (Å²) >= 11 is 0. The molecule has 1 N–H and O–H groups in total. The first-order chi connectivity index (χ1) is 7.77. The maximum atomic E-state index is 11.5. The van der Waals surface area contributed by atoms with Crippen molar-refractivity contribution in [1.82, 2.24) is 5.43 Å². The number of hydrogen-bond acceptors (Lipinski definition) is 3. The summed E-state index contributed by atoms with van der Waals surface area (Å²) in [7, 11) is 1.58. The third-order valence-electron chi connectivity index (χ3n) is 1.87. The van der Waals surface area contributed by atoms with Crippen LogP contribution in [0.4, 0.5) is 0 Å². The molecule has 1 rings (SSSR count). The lowest BCUT2D eigenvalue weighted by Gasteiger charge is -2.01. The molecule has 0 heterocycles. The Morgan fingerprint density at radius 1 is 1.38 bits per heavy atom. The smallest absolute Gasteiger partial charge is 0.271 e. The fourth-order valence-corrected chi connectivity index (χ4v) is 1.03. The average Bonchev–Trinajstić information content (AvgIpc) is 2.34. The zero-order chi connectivity index (χ0) is 11.8. The molecule has 16 heavy (non-hydrogen) atoms. The molecule has 4 heteroatoms. The maximum absolute atomic E-state index is 11.5. The highest BCUT2D eigenvalue weighted by Gasteiger charge is 2.03. The largest absolute Gasteiger partial charge is 0.497 e. The second kappa shape index (κ2) is 6.40. The van der Waals surface area contributed by atoms with Crippen molar-refractivity contribution in [3.63, 3.8) is 0 Å². The number of methoxy groups -OCH3 is 1. The predicted molar refractivity (Wildman–Crippen MR) is 63.8 cm³/mol. The summed E-state index contributed by atoms with van der Waals surface area (Å²) < 4.78 is 4.99. The minimum Gasteiger partial charge on any atom is -0.497 e. The average molecular weight is 218 g/mol. The monoisotopic (exact) mass is 218 g/mol. The zero-order valence-electron chi connectivity index (χ0n) is 9.31. The molecule has 1 aromatic carbocycles. The van der Waals surface area contributed by atoms with E-state index in [4.69, 9.17) is 4.74 Å². The van der Waals surface area contributed by atoms with E-state index >= 15 is 0 Å². The Kier molecular flexibility index (Phi) is 4.79. The van der Waals surface area contributed by atoms with E-state index in [-0.39, 0.29) is 5.91 Å². The zero-order valence-corrected chi connectivity index (χ0v) is 9.31. The number of carbonyl (C=O) groups excluding carboxylic acids is 1. The highest BCUT2D eigenvalue weighted by molar-refractivity contribution is 5.94. The molecule has 0 aliphatic carbocycles. The number of ether oxygens (including phenoxy) is 1. The van der Waals surface area contributed by atoms with Gasteiger partial charge in [0.2, 0.25) is 0 Å². The molecule has 4 nitrogen and oxygen atoms in total. The fraction of sp³-hybridized carbons (Fsp3) is 0.167. The Bertz CT molecular complexity index is 394. The number of nitrogens with one attached hydrogen (secondary N) is 1. The standard InChI is InChI=1S/C12H14N2O2/c1-3-4-9-13-14-12(15)10-5-7-11(16-2)8-6-10/h3-9H,1-2H3,(H,14,15)/b4-3+,13-9+. The normalized spacial score (nSPS) is 10.9. The maximum Gasteiger partial charge on any atom is 0.271 e. The summed E-state index contributed by atoms with van der Waals surface area (Å²) in [5, 5.41) is 3.74. The highest BCUT2D eigenvalue weighted by atomic mass is 16.5. The molecule has 0 unspecified atom stereocenters. The van der Waals surface area contributed by atoms with Gasteiger partial charge >= 0.3 is 0 Å². The van der Waals surface area contributed by atoms with Crippen molar-refractivity contribution < 1.29 is 9.53 Å². The number of amides is 1. The van der Waals surface area contributed by atoms with E-state index in [2.05, 4.69) is 10.5 Å². The number of hydrogen-bond donors (Lipinski definition) is 1. The van der Waals surface area contributed by atoms with Gasteiger partial charge in [0.25, 0.3) is 5.91 Å². The van der Waals surface area contributed by atoms with Gasteiger partial charge in [-0.15, -0.1) is 0 Å². The molecule has 1 aromatic rings. The van der Waals surface area contributed by atoms with Crippen molar-refractivity contribution in [2.45, 2.75) is 6.92 Å². The number of nitrogens with zero attached hydrogens (tertiary/aromatic N) is 1. The number of benzene rings is 1. The molecule has 0 fully saturated rings. The fourth-order valence-electron chi connectivity index (χ4n) is 1.03. The van der Waals surface area contributed by atoms with Crippen molar-refractivity contribution >= 4 is 12.1 Å². The molecule has 0 saturated carbocycles. The lowest BCUT2D eigenvalue weighted by atomic mass is 10.2. The lowest BCUT2D eigenvalue weighted by Crippen LogP contribution is -2.17. The number of rotatable bonds is 4. The Hall–Kier alpha value is -2.10. The van der Waals surface area contributed by atoms with Crippen molar-refractivity contribution in [3.05, 3.63) is 42.0 Å². The molecule has 0 aromatic heterocycles. The van der Waals surface area contributed by atoms with Gasteiger partial charge in [0.05, 0.1) is 7.11 Å². The lowest BCUT2D eigenvalue weighted by molar-refractivity contribution is 0.0955. The van der Waals surface area contributed by atoms with Crippen molar-refractivity contribution in [2.24, 2.45) is 5.10 Å². The van der Waals surface area contributed by atoms with Crippen LogP contribution >= 0.6 is 0 Å². The van der Waals surface area contributed by atoms with Crippen LogP contribution in [0.15, 0.2) is 41.5 Å². The second-order valence-electron chi connectivity index (χ2n) is 2.97. The summed E-state index contributed by atoms with van der Waals surface area (Å²) in [6, 6.07) is 6.81. The molecular formula is C12H14N2O2. The van der Waals surface area contributed by atoms with Crippen molar-refractivity contribution in [1.29, 1.82) is 0 Å². The van der Waals surface area contributed by atoms with Crippen LogP contribution in [0.2, 0.25) is 0 Å². The van der Waals surface area contributed by atoms with Gasteiger partial charge in [0, 0.05) is 11.8 Å². The van der Waals surface area contributed by atoms with E-state index in [9.17, 15) is 4.79 Å². The molecule has 0 atom stereocenters. The second-order valence-corrected chi connectivity index (χ2v) is 2.97. The predicted octanol–water partition coefficient (Wildman–Crippen LogP) is 1.99. The van der Waals surface area contributed by atoms with Gasteiger partial charge in [0.15, 0.2) is 0 Å². The van der Waals surface area contributed by atoms with Crippen molar-refractivity contribution in [2.75, 3.05) is 7.11 Å². The van der Waals surface area contributed by atoms with Gasteiger partial charge in [-0.2, -0.15) is 5.10 Å². The molecule has 0 spiro atoms. The van der Waals surface area contributed by atoms with Crippen LogP contribution in [0.3, 0.4) is 0 Å². The summed E-state index contributed by atoms with van der Waals surface area (Å²) in [5.74, 6) is 0.470. The van der Waals surface area contributed by atoms with E-state index in [1.165, 1.54) is 6.21 Å². The van der Waals surface area contributed by atoms with Crippen LogP contribution in [0.1, 0.15) is 17.3 Å². The topological polar surface area (TPSA) is 50.7 Å². The highest BCUT2D eigenvalue weighted by Crippen LogP contribution is 2.10. The van der Waals surface area contributed by atoms with Gasteiger partial charge in [-0.3, -0.25) is 4.79 Å². The molecule has 0 aliphatic rings. The minimum atomic E-state index is -0.247. The first kappa shape index (κ1) is 12.0. The molecule has 0 bridgehead atoms. The third kappa shape index (κ3) is 3.57. The van der Waals surface area contributed by atoms with E-state index in [0.29, 0.717) is 11.3 Å². The molecular weight excluding hydrogens is 204 g/mol. The van der Waals surface area contributed by atoms with Gasteiger partial charge in [0.1, 0.15) is 5.75 Å². The first-order valence-electron chi connectivity index (χ1n) is 4.86. The Morgan fingerprint density at radius 2 is 2.06 bits per heavy atom. The molecule has 0 radical (unpaired) electrons. The van der Waals surface area contributed by atoms with Gasteiger partial charge in [-0.1, -0.05) is 6.08 Å². The Labute approximate surface area is 94.6 Å². The van der Waals surface area contributed by atoms with Crippen LogP contribution in [0.25, 0.3) is 0 Å². The molecule has 84 valence electrons. The summed E-state index contributed by atoms with van der Waals surface area (Å²) in [4.78, 5) is 11.5. The van der Waals surface area contributed by atoms with E-state index in [1.807, 2.05) is 13.0 Å². The summed E-state index contributed by atoms with van der Waals surface area (Å²) in [5.41, 5.74) is 2.95. The first-order valence-corrected chi connectivity index (χ1v) is 4.86. The Balaban J connectivity index is 2.59. The van der Waals surface area contributed by atoms with Gasteiger partial charge in [-0.05, 0) is 37.3 Å². The quantitative estimate of drug-likeness (QED) is 0.620. The number of allylic oxidation sites excluding steroid dienone is 2. The summed E-state index contributed by atoms with van der Waals surface area (Å²) in [6.07, 6.45) is 5.07. The number of carbonyl (C=O) groups is 1. The minimum absolute atomic E-state index is 0.247. The van der Waals surface area contributed by atoms with Crippen LogP contribution in [-0.4, -0.2) is 19.2 Å². The van der Waals surface area contributed by atoms with Crippen LogP contribution in [0, 0.1) is 0 Å². The van der Waals surface area contributed by atoms with E-state index < -0.39 is 0 Å². The Morgan fingerprint density at radius 3 is 2.62 bits per heavy atom. The van der Waals surface area contributed by atoms with Crippen LogP contribution in [0.5, 0.6) is 5.75 Å². The molecule has 0 saturated heterocycles. The van der Waals surface area contributed by atoms with E-state index in [1.54, 1.807) is 37.5 Å². The molecule has 1 amide bonds.